The van der Waals surface area contributed by atoms with Crippen LogP contribution in [0, 0.1) is 17.7 Å². The van der Waals surface area contributed by atoms with Crippen LogP contribution in [-0.2, 0) is 17.2 Å². The number of amides is 1. The zero-order valence-electron chi connectivity index (χ0n) is 13.0. The summed E-state index contributed by atoms with van der Waals surface area (Å²) in [4.78, 5) is 11.5. The predicted molar refractivity (Wildman–Crippen MR) is 92.1 cm³/mol. The van der Waals surface area contributed by atoms with Crippen molar-refractivity contribution >= 4 is 17.7 Å². The van der Waals surface area contributed by atoms with Gasteiger partial charge in [0.2, 0.25) is 0 Å². The maximum absolute atomic E-state index is 13.5. The van der Waals surface area contributed by atoms with E-state index in [1.165, 1.54) is 6.07 Å². The fourth-order valence-electron chi connectivity index (χ4n) is 1.90. The molecule has 24 heavy (non-hydrogen) atoms. The molecule has 0 aromatic heterocycles. The third-order valence-corrected chi connectivity index (χ3v) is 3.45. The van der Waals surface area contributed by atoms with Gasteiger partial charge in [0, 0.05) is 24.1 Å². The molecule has 0 heterocycles. The van der Waals surface area contributed by atoms with Crippen LogP contribution in [0.2, 0.25) is 0 Å². The van der Waals surface area contributed by atoms with Crippen molar-refractivity contribution in [1.82, 2.24) is 5.32 Å². The summed E-state index contributed by atoms with van der Waals surface area (Å²) in [6.07, 6.45) is -0.0440. The number of carbonyl (C=O) groups is 1. The van der Waals surface area contributed by atoms with Gasteiger partial charge in [0.25, 0.3) is 0 Å². The second-order valence-corrected chi connectivity index (χ2v) is 5.25. The number of rotatable bonds is 5. The predicted octanol–water partition coefficient (Wildman–Crippen LogP) is 4.23. The van der Waals surface area contributed by atoms with Crippen molar-refractivity contribution in [1.29, 1.82) is 0 Å². The highest BCUT2D eigenvalue weighted by atomic mass is 35.5. The Morgan fingerprint density at radius 1 is 1.21 bits per heavy atom. The van der Waals surface area contributed by atoms with Gasteiger partial charge in [-0.1, -0.05) is 48.2 Å². The Morgan fingerprint density at radius 2 is 2.00 bits per heavy atom. The van der Waals surface area contributed by atoms with Crippen LogP contribution in [0.15, 0.2) is 48.5 Å². The van der Waals surface area contributed by atoms with Crippen LogP contribution in [0.3, 0.4) is 0 Å². The summed E-state index contributed by atoms with van der Waals surface area (Å²) in [7, 11) is 0. The first-order chi connectivity index (χ1) is 11.7. The minimum absolute atomic E-state index is 0.133. The average Bonchev–Trinajstić information content (AvgIpc) is 2.61. The van der Waals surface area contributed by atoms with Gasteiger partial charge in [0.15, 0.2) is 0 Å². The Bertz CT molecular complexity index is 738. The van der Waals surface area contributed by atoms with Gasteiger partial charge in [0.1, 0.15) is 12.4 Å². The Hall–Kier alpha value is -2.51. The number of alkyl carbamates (subject to hydrolysis) is 1. The standard InChI is InChI=1S/C19H17ClFNO2/c20-13-17-10-9-15(12-18(17)21)6-4-5-11-22-19(23)24-14-16-7-2-1-3-8-16/h1-3,7-10,12H,5,11,13-14H2,(H,22,23). The first-order valence-electron chi connectivity index (χ1n) is 7.47. The lowest BCUT2D eigenvalue weighted by atomic mass is 10.1. The minimum Gasteiger partial charge on any atom is -0.445 e. The molecule has 2 rings (SSSR count). The van der Waals surface area contributed by atoms with Crippen LogP contribution >= 0.6 is 11.6 Å². The van der Waals surface area contributed by atoms with Crippen molar-refractivity contribution in [2.45, 2.75) is 18.9 Å². The third kappa shape index (κ3) is 5.94. The summed E-state index contributed by atoms with van der Waals surface area (Å²) >= 11 is 5.60. The lowest BCUT2D eigenvalue weighted by Crippen LogP contribution is -2.24. The lowest BCUT2D eigenvalue weighted by Gasteiger charge is -2.05. The second kappa shape index (κ2) is 9.59. The van der Waals surface area contributed by atoms with Crippen molar-refractivity contribution in [3.8, 4) is 11.8 Å². The fraction of sp³-hybridized carbons (Fsp3) is 0.211. The van der Waals surface area contributed by atoms with Crippen LogP contribution in [0.5, 0.6) is 0 Å². The van der Waals surface area contributed by atoms with E-state index in [4.69, 9.17) is 16.3 Å². The molecule has 0 radical (unpaired) electrons. The number of hydrogen-bond donors (Lipinski definition) is 1. The van der Waals surface area contributed by atoms with Gasteiger partial charge < -0.3 is 10.1 Å². The van der Waals surface area contributed by atoms with E-state index in [9.17, 15) is 9.18 Å². The highest BCUT2D eigenvalue weighted by Gasteiger charge is 2.01. The zero-order valence-corrected chi connectivity index (χ0v) is 13.8. The maximum atomic E-state index is 13.5. The molecule has 124 valence electrons. The minimum atomic E-state index is -0.488. The van der Waals surface area contributed by atoms with Gasteiger partial charge >= 0.3 is 6.09 Å². The average molecular weight is 346 g/mol. The number of hydrogen-bond acceptors (Lipinski definition) is 2. The second-order valence-electron chi connectivity index (χ2n) is 4.98. The normalized spacial score (nSPS) is 9.75. The van der Waals surface area contributed by atoms with E-state index in [1.54, 1.807) is 12.1 Å². The highest BCUT2D eigenvalue weighted by molar-refractivity contribution is 6.17. The lowest BCUT2D eigenvalue weighted by molar-refractivity contribution is 0.140. The van der Waals surface area contributed by atoms with Gasteiger partial charge in [-0.15, -0.1) is 11.6 Å². The molecular weight excluding hydrogens is 329 g/mol. The molecule has 0 bridgehead atoms. The summed E-state index contributed by atoms with van der Waals surface area (Å²) in [5, 5.41) is 2.61. The Kier molecular flexibility index (Phi) is 7.13. The molecule has 0 fully saturated rings. The monoisotopic (exact) mass is 345 g/mol. The van der Waals surface area contributed by atoms with E-state index in [2.05, 4.69) is 17.2 Å². The molecule has 2 aromatic carbocycles. The topological polar surface area (TPSA) is 38.3 Å². The molecule has 0 saturated carbocycles. The molecule has 3 nitrogen and oxygen atoms in total. The van der Waals surface area contributed by atoms with E-state index < -0.39 is 6.09 Å². The number of halogens is 2. The van der Waals surface area contributed by atoms with Gasteiger partial charge in [-0.2, -0.15) is 0 Å². The molecule has 0 aliphatic carbocycles. The van der Waals surface area contributed by atoms with E-state index in [-0.39, 0.29) is 18.3 Å². The zero-order chi connectivity index (χ0) is 17.2. The summed E-state index contributed by atoms with van der Waals surface area (Å²) in [6.45, 7) is 0.591. The molecule has 0 unspecified atom stereocenters. The summed E-state index contributed by atoms with van der Waals surface area (Å²) in [5.41, 5.74) is 1.95. The van der Waals surface area contributed by atoms with E-state index in [0.29, 0.717) is 24.1 Å². The van der Waals surface area contributed by atoms with Crippen LogP contribution in [0.1, 0.15) is 23.1 Å². The maximum Gasteiger partial charge on any atom is 0.407 e. The van der Waals surface area contributed by atoms with Crippen molar-refractivity contribution in [3.05, 3.63) is 71.0 Å². The Balaban J connectivity index is 1.69. The van der Waals surface area contributed by atoms with Crippen LogP contribution in [0.25, 0.3) is 0 Å². The number of carbonyl (C=O) groups excluding carboxylic acids is 1. The molecule has 0 saturated heterocycles. The number of benzene rings is 2. The quantitative estimate of drug-likeness (QED) is 0.500. The van der Waals surface area contributed by atoms with Gasteiger partial charge in [-0.25, -0.2) is 9.18 Å². The smallest absolute Gasteiger partial charge is 0.407 e. The molecule has 0 atom stereocenters. The number of ether oxygens (including phenoxy) is 1. The molecule has 2 aromatic rings. The first-order valence-corrected chi connectivity index (χ1v) is 8.00. The van der Waals surface area contributed by atoms with Crippen molar-refractivity contribution < 1.29 is 13.9 Å². The van der Waals surface area contributed by atoms with Crippen LogP contribution < -0.4 is 5.32 Å². The molecule has 0 aliphatic rings. The van der Waals surface area contributed by atoms with Gasteiger partial charge in [-0.3, -0.25) is 0 Å². The molecule has 0 spiro atoms. The molecule has 0 aliphatic heterocycles. The molecule has 1 N–H and O–H groups in total. The van der Waals surface area contributed by atoms with Crippen LogP contribution in [-0.4, -0.2) is 12.6 Å². The molecule has 1 amide bonds. The van der Waals surface area contributed by atoms with E-state index in [1.807, 2.05) is 30.3 Å². The van der Waals surface area contributed by atoms with Gasteiger partial charge in [0.05, 0.1) is 5.88 Å². The highest BCUT2D eigenvalue weighted by Crippen LogP contribution is 2.11. The molecular formula is C19H17ClFNO2. The molecule has 5 heteroatoms. The Labute approximate surface area is 145 Å². The summed E-state index contributed by atoms with van der Waals surface area (Å²) in [5.74, 6) is 5.49. The Morgan fingerprint density at radius 3 is 2.71 bits per heavy atom. The van der Waals surface area contributed by atoms with Crippen molar-refractivity contribution in [2.24, 2.45) is 0 Å². The SMILES string of the molecule is O=C(NCCC#Cc1ccc(CCl)c(F)c1)OCc1ccccc1. The summed E-state index contributed by atoms with van der Waals surface area (Å²) in [6, 6.07) is 14.1. The van der Waals surface area contributed by atoms with Crippen LogP contribution in [0.4, 0.5) is 9.18 Å². The largest absolute Gasteiger partial charge is 0.445 e. The van der Waals surface area contributed by atoms with Gasteiger partial charge in [-0.05, 0) is 17.7 Å². The van der Waals surface area contributed by atoms with Crippen molar-refractivity contribution in [3.63, 3.8) is 0 Å². The number of alkyl halides is 1. The van der Waals surface area contributed by atoms with E-state index in [0.717, 1.165) is 5.56 Å². The van der Waals surface area contributed by atoms with E-state index >= 15 is 0 Å². The third-order valence-electron chi connectivity index (χ3n) is 3.16. The first kappa shape index (κ1) is 17.8. The summed E-state index contributed by atoms with van der Waals surface area (Å²) < 4.78 is 18.6. The number of nitrogens with one attached hydrogen (secondary N) is 1. The van der Waals surface area contributed by atoms with Crippen molar-refractivity contribution in [2.75, 3.05) is 6.54 Å². The fourth-order valence-corrected chi connectivity index (χ4v) is 2.12.